The van der Waals surface area contributed by atoms with Crippen LogP contribution in [0.1, 0.15) is 96.8 Å². The number of alkyl halides is 5. The van der Waals surface area contributed by atoms with Gasteiger partial charge in [0.05, 0.1) is 41.1 Å². The first-order chi connectivity index (χ1) is 29.8. The van der Waals surface area contributed by atoms with Gasteiger partial charge in [-0.25, -0.2) is 23.2 Å². The molecule has 1 unspecified atom stereocenters. The molecule has 0 spiro atoms. The Morgan fingerprint density at radius 3 is 2.53 bits per heavy atom. The molecule has 1 saturated carbocycles. The summed E-state index contributed by atoms with van der Waals surface area (Å²) < 4.78 is 81.6. The zero-order valence-electron chi connectivity index (χ0n) is 33.8. The van der Waals surface area contributed by atoms with Gasteiger partial charge < -0.3 is 14.5 Å². The number of ketones is 2. The number of Topliss-reactive ketones (excluding diaryl/α,β-unsaturated/α-hetero) is 2. The molecule has 1 amide bonds. The predicted octanol–water partition coefficient (Wildman–Crippen LogP) is 8.49. The fourth-order valence-corrected chi connectivity index (χ4v) is 7.64. The maximum absolute atomic E-state index is 14.0. The molecular formula is C44H44F5N7O6. The van der Waals surface area contributed by atoms with E-state index in [4.69, 9.17) is 9.15 Å². The number of benzene rings is 2. The number of rotatable bonds is 18. The molecule has 4 aromatic heterocycles. The van der Waals surface area contributed by atoms with E-state index < -0.39 is 36.7 Å². The van der Waals surface area contributed by atoms with Crippen LogP contribution in [0.4, 0.5) is 27.6 Å². The number of aryl methyl sites for hydroxylation is 4. The van der Waals surface area contributed by atoms with Crippen molar-refractivity contribution in [2.24, 2.45) is 7.05 Å². The summed E-state index contributed by atoms with van der Waals surface area (Å²) in [6.07, 6.45) is 0.271. The highest BCUT2D eigenvalue weighted by Crippen LogP contribution is 2.30. The monoisotopic (exact) mass is 861 g/mol. The number of hydrogen-bond acceptors (Lipinski definition) is 9. The third-order valence-electron chi connectivity index (χ3n) is 10.8. The molecule has 1 fully saturated rings. The first-order valence-corrected chi connectivity index (χ1v) is 20.3. The highest BCUT2D eigenvalue weighted by atomic mass is 19.4. The van der Waals surface area contributed by atoms with Crippen LogP contribution in [0.15, 0.2) is 82.5 Å². The van der Waals surface area contributed by atoms with Crippen LogP contribution in [0.3, 0.4) is 0 Å². The number of imidazole rings is 1. The zero-order valence-corrected chi connectivity index (χ0v) is 33.8. The standard InChI is InChI=1S/C44H44F5N7O6/c1-54-39-28(8-5-10-36(39)56(43(54)60)35-16-15-32(57)24-37(35)58)9-6-22-61-21-4-2-3-7-27-11-13-31(14-12-27)55-25-33(38(53-55)40(45)46)51-41(59)34-26-62-42(52-34)29-18-20-50-30(23-29)17-19-44(47,48)49/h5,8,10-14,18,20,23,25-26,35,40H,2-4,6-7,9,15-17,19,21-22,24H2,1H3,(H,51,59). The lowest BCUT2D eigenvalue weighted by atomic mass is 9.92. The van der Waals surface area contributed by atoms with Gasteiger partial charge in [-0.1, -0.05) is 30.7 Å². The van der Waals surface area contributed by atoms with Crippen molar-refractivity contribution in [3.63, 3.8) is 0 Å². The highest BCUT2D eigenvalue weighted by Gasteiger charge is 2.32. The number of pyridine rings is 1. The van der Waals surface area contributed by atoms with Crippen LogP contribution < -0.4 is 11.0 Å². The van der Waals surface area contributed by atoms with Gasteiger partial charge in [-0.3, -0.25) is 28.5 Å². The molecule has 4 heterocycles. The van der Waals surface area contributed by atoms with Crippen molar-refractivity contribution < 1.29 is 45.5 Å². The molecule has 13 nitrogen and oxygen atoms in total. The van der Waals surface area contributed by atoms with E-state index in [1.54, 1.807) is 28.3 Å². The number of carbonyl (C=O) groups is 3. The number of oxazole rings is 1. The molecule has 0 saturated heterocycles. The quantitative estimate of drug-likeness (QED) is 0.0509. The number of anilines is 1. The topological polar surface area (TPSA) is 156 Å². The molecule has 1 atom stereocenters. The Labute approximate surface area is 351 Å². The normalized spacial score (nSPS) is 14.7. The maximum Gasteiger partial charge on any atom is 0.389 e. The fraction of sp³-hybridized carbons (Fsp3) is 0.386. The van der Waals surface area contributed by atoms with Crippen molar-refractivity contribution in [1.29, 1.82) is 0 Å². The summed E-state index contributed by atoms with van der Waals surface area (Å²) >= 11 is 0. The lowest BCUT2D eigenvalue weighted by Crippen LogP contribution is -2.34. The molecule has 1 aliphatic carbocycles. The number of hydrogen-bond donors (Lipinski definition) is 1. The van der Waals surface area contributed by atoms with Gasteiger partial charge in [0.15, 0.2) is 17.2 Å². The van der Waals surface area contributed by atoms with Crippen molar-refractivity contribution >= 4 is 34.2 Å². The summed E-state index contributed by atoms with van der Waals surface area (Å²) in [5.74, 6) is -1.21. The Bertz CT molecular complexity index is 2610. The van der Waals surface area contributed by atoms with Gasteiger partial charge in [0, 0.05) is 50.6 Å². The van der Waals surface area contributed by atoms with Gasteiger partial charge in [0.2, 0.25) is 5.89 Å². The molecule has 6 aromatic rings. The second-order valence-corrected chi connectivity index (χ2v) is 15.2. The average Bonchev–Trinajstić information content (AvgIpc) is 3.97. The summed E-state index contributed by atoms with van der Waals surface area (Å²) in [7, 11) is 1.71. The van der Waals surface area contributed by atoms with E-state index in [0.717, 1.165) is 55.0 Å². The van der Waals surface area contributed by atoms with Crippen LogP contribution in [0.25, 0.3) is 28.2 Å². The number of amides is 1. The first-order valence-electron chi connectivity index (χ1n) is 20.3. The highest BCUT2D eigenvalue weighted by molar-refractivity contribution is 6.04. The largest absolute Gasteiger partial charge is 0.444 e. The van der Waals surface area contributed by atoms with E-state index in [1.807, 2.05) is 30.3 Å². The Morgan fingerprint density at radius 1 is 0.984 bits per heavy atom. The average molecular weight is 862 g/mol. The third-order valence-corrected chi connectivity index (χ3v) is 10.8. The van der Waals surface area contributed by atoms with Crippen molar-refractivity contribution in [3.05, 3.63) is 112 Å². The number of ether oxygens (including phenoxy) is 1. The van der Waals surface area contributed by atoms with Crippen LogP contribution in [0, 0.1) is 0 Å². The summed E-state index contributed by atoms with van der Waals surface area (Å²) in [4.78, 5) is 58.6. The molecule has 326 valence electrons. The van der Waals surface area contributed by atoms with Crippen LogP contribution in [-0.2, 0) is 40.6 Å². The summed E-state index contributed by atoms with van der Waals surface area (Å²) in [6, 6.07) is 15.2. The number of unbranched alkanes of at least 4 members (excludes halogenated alkanes) is 2. The van der Waals surface area contributed by atoms with E-state index in [9.17, 15) is 41.1 Å². The Kier molecular flexibility index (Phi) is 13.5. The molecule has 0 aliphatic heterocycles. The molecular weight excluding hydrogens is 818 g/mol. The van der Waals surface area contributed by atoms with Crippen LogP contribution >= 0.6 is 0 Å². The van der Waals surface area contributed by atoms with E-state index in [-0.39, 0.29) is 59.5 Å². The van der Waals surface area contributed by atoms with E-state index in [1.165, 1.54) is 29.2 Å². The lowest BCUT2D eigenvalue weighted by molar-refractivity contribution is -0.134. The van der Waals surface area contributed by atoms with Crippen LogP contribution in [0.5, 0.6) is 0 Å². The third kappa shape index (κ3) is 10.4. The summed E-state index contributed by atoms with van der Waals surface area (Å²) in [5.41, 5.74) is 3.12. The minimum atomic E-state index is -4.35. The van der Waals surface area contributed by atoms with Gasteiger partial charge in [-0.2, -0.15) is 18.3 Å². The maximum atomic E-state index is 14.0. The predicted molar refractivity (Wildman–Crippen MR) is 217 cm³/mol. The van der Waals surface area contributed by atoms with Crippen LogP contribution in [-0.4, -0.2) is 65.7 Å². The van der Waals surface area contributed by atoms with Gasteiger partial charge in [0.1, 0.15) is 12.0 Å². The minimum Gasteiger partial charge on any atom is -0.444 e. The van der Waals surface area contributed by atoms with Crippen molar-refractivity contribution in [2.75, 3.05) is 18.5 Å². The van der Waals surface area contributed by atoms with Gasteiger partial charge in [-0.05, 0) is 86.4 Å². The minimum absolute atomic E-state index is 0.0537. The van der Waals surface area contributed by atoms with Crippen molar-refractivity contribution in [1.82, 2.24) is 28.9 Å². The van der Waals surface area contributed by atoms with Gasteiger partial charge >= 0.3 is 11.9 Å². The fourth-order valence-electron chi connectivity index (χ4n) is 7.64. The first kappa shape index (κ1) is 43.8. The van der Waals surface area contributed by atoms with Crippen molar-refractivity contribution in [3.8, 4) is 17.1 Å². The molecule has 1 aliphatic rings. The smallest absolute Gasteiger partial charge is 0.389 e. The molecule has 62 heavy (non-hydrogen) atoms. The number of carbonyl (C=O) groups excluding carboxylic acids is 3. The number of para-hydroxylation sites is 1. The second kappa shape index (κ2) is 19.2. The lowest BCUT2D eigenvalue weighted by Gasteiger charge is -2.21. The number of nitrogens with one attached hydrogen (secondary N) is 1. The number of halogens is 5. The Hall–Kier alpha value is -6.30. The summed E-state index contributed by atoms with van der Waals surface area (Å²) in [6.45, 7) is 1.15. The Balaban J connectivity index is 0.849. The van der Waals surface area contributed by atoms with E-state index in [2.05, 4.69) is 20.4 Å². The molecule has 7 rings (SSSR count). The zero-order chi connectivity index (χ0) is 44.0. The molecule has 1 N–H and O–H groups in total. The summed E-state index contributed by atoms with van der Waals surface area (Å²) in [5, 5.41) is 6.41. The molecule has 2 aromatic carbocycles. The second-order valence-electron chi connectivity index (χ2n) is 15.2. The number of nitrogens with zero attached hydrogens (tertiary/aromatic N) is 6. The molecule has 18 heteroatoms. The molecule has 0 radical (unpaired) electrons. The van der Waals surface area contributed by atoms with Gasteiger partial charge in [0.25, 0.3) is 12.3 Å². The van der Waals surface area contributed by atoms with E-state index >= 15 is 0 Å². The SMILES string of the molecule is Cn1c(=O)n(C2CCC(=O)CC2=O)c2cccc(CCCOCCCCCc3ccc(-n4cc(NC(=O)c5coc(-c6ccnc(CCC(F)(F)F)c6)n5)c(C(F)F)n4)cc3)c21. The van der Waals surface area contributed by atoms with Crippen molar-refractivity contribution in [2.45, 2.75) is 89.3 Å². The van der Waals surface area contributed by atoms with Gasteiger partial charge in [-0.15, -0.1) is 0 Å². The van der Waals surface area contributed by atoms with Crippen LogP contribution in [0.2, 0.25) is 0 Å². The van der Waals surface area contributed by atoms with E-state index in [0.29, 0.717) is 42.8 Å². The Morgan fingerprint density at radius 2 is 1.77 bits per heavy atom. The number of aromatic nitrogens is 6. The number of fused-ring (bicyclic) bond motifs is 1. The molecule has 0 bridgehead atoms.